The van der Waals surface area contributed by atoms with Gasteiger partial charge in [-0.2, -0.15) is 0 Å². The maximum atomic E-state index is 11.4. The lowest BCUT2D eigenvalue weighted by atomic mass is 10.1. The number of carbonyl (C=O) groups excluding carboxylic acids is 1. The van der Waals surface area contributed by atoms with Crippen LogP contribution in [-0.4, -0.2) is 11.2 Å². The zero-order valence-electron chi connectivity index (χ0n) is 10.4. The highest BCUT2D eigenvalue weighted by molar-refractivity contribution is 8.00. The van der Waals surface area contributed by atoms with Gasteiger partial charge in [-0.1, -0.05) is 19.9 Å². The van der Waals surface area contributed by atoms with E-state index >= 15 is 0 Å². The molecule has 2 unspecified atom stereocenters. The molecule has 0 spiro atoms. The predicted molar refractivity (Wildman–Crippen MR) is 72.4 cm³/mol. The van der Waals surface area contributed by atoms with Gasteiger partial charge in [0.25, 0.3) is 0 Å². The van der Waals surface area contributed by atoms with Gasteiger partial charge < -0.3 is 5.73 Å². The molecule has 1 amide bonds. The Balaban J connectivity index is 2.77. The van der Waals surface area contributed by atoms with Crippen LogP contribution in [0.1, 0.15) is 19.4 Å². The first-order chi connectivity index (χ1) is 7.95. The smallest absolute Gasteiger partial charge is 0.237 e. The highest BCUT2D eigenvalue weighted by Crippen LogP contribution is 2.31. The third-order valence-electron chi connectivity index (χ3n) is 2.79. The summed E-state index contributed by atoms with van der Waals surface area (Å²) in [6.07, 6.45) is 0. The SMILES string of the molecule is Cc1ccc(N)cc1SC(C)C(C)C(=O)NN. The lowest BCUT2D eigenvalue weighted by molar-refractivity contribution is -0.124. The van der Waals surface area contributed by atoms with Crippen LogP contribution in [0.4, 0.5) is 5.69 Å². The fourth-order valence-corrected chi connectivity index (χ4v) is 2.58. The Bertz CT molecular complexity index is 409. The third kappa shape index (κ3) is 3.64. The maximum absolute atomic E-state index is 11.4. The van der Waals surface area contributed by atoms with Crippen LogP contribution in [0.5, 0.6) is 0 Å². The topological polar surface area (TPSA) is 81.1 Å². The molecule has 1 aromatic carbocycles. The monoisotopic (exact) mass is 253 g/mol. The Labute approximate surface area is 106 Å². The molecule has 0 bridgehead atoms. The largest absolute Gasteiger partial charge is 0.399 e. The average molecular weight is 253 g/mol. The summed E-state index contributed by atoms with van der Waals surface area (Å²) in [7, 11) is 0. The van der Waals surface area contributed by atoms with Crippen molar-refractivity contribution in [1.82, 2.24) is 5.43 Å². The molecule has 0 aliphatic heterocycles. The summed E-state index contributed by atoms with van der Waals surface area (Å²) in [6, 6.07) is 5.79. The number of nitrogen functional groups attached to an aromatic ring is 1. The summed E-state index contributed by atoms with van der Waals surface area (Å²) < 4.78 is 0. The normalized spacial score (nSPS) is 14.1. The molecule has 0 aliphatic rings. The van der Waals surface area contributed by atoms with Crippen LogP contribution >= 0.6 is 11.8 Å². The molecule has 4 nitrogen and oxygen atoms in total. The van der Waals surface area contributed by atoms with E-state index in [4.69, 9.17) is 11.6 Å². The van der Waals surface area contributed by atoms with E-state index in [1.807, 2.05) is 39.0 Å². The van der Waals surface area contributed by atoms with Crippen molar-refractivity contribution < 1.29 is 4.79 Å². The molecule has 94 valence electrons. The van der Waals surface area contributed by atoms with E-state index in [2.05, 4.69) is 5.43 Å². The molecule has 1 rings (SSSR count). The first-order valence-electron chi connectivity index (χ1n) is 5.49. The second kappa shape index (κ2) is 5.93. The summed E-state index contributed by atoms with van der Waals surface area (Å²) in [6.45, 7) is 5.90. The standard InChI is InChI=1S/C12H19N3OS/c1-7-4-5-10(13)6-11(7)17-9(3)8(2)12(16)15-14/h4-6,8-9H,13-14H2,1-3H3,(H,15,16). The molecular weight excluding hydrogens is 234 g/mol. The van der Waals surface area contributed by atoms with Crippen LogP contribution in [0.25, 0.3) is 0 Å². The number of benzene rings is 1. The Morgan fingerprint density at radius 1 is 1.41 bits per heavy atom. The third-order valence-corrected chi connectivity index (χ3v) is 4.26. The number of anilines is 1. The first-order valence-corrected chi connectivity index (χ1v) is 6.37. The Kier molecular flexibility index (Phi) is 4.84. The molecule has 2 atom stereocenters. The zero-order chi connectivity index (χ0) is 13.0. The van der Waals surface area contributed by atoms with Gasteiger partial charge in [-0.25, -0.2) is 5.84 Å². The van der Waals surface area contributed by atoms with Gasteiger partial charge in [-0.3, -0.25) is 10.2 Å². The summed E-state index contributed by atoms with van der Waals surface area (Å²) in [4.78, 5) is 12.5. The Hall–Kier alpha value is -1.20. The number of hydrogen-bond donors (Lipinski definition) is 3. The molecule has 5 heteroatoms. The number of hydrazine groups is 1. The highest BCUT2D eigenvalue weighted by Gasteiger charge is 2.20. The van der Waals surface area contributed by atoms with Gasteiger partial charge in [0.05, 0.1) is 0 Å². The van der Waals surface area contributed by atoms with Gasteiger partial charge in [-0.15, -0.1) is 11.8 Å². The number of thioether (sulfide) groups is 1. The average Bonchev–Trinajstić information content (AvgIpc) is 2.31. The molecule has 0 radical (unpaired) electrons. The highest BCUT2D eigenvalue weighted by atomic mass is 32.2. The Morgan fingerprint density at radius 2 is 2.06 bits per heavy atom. The second-order valence-electron chi connectivity index (χ2n) is 4.15. The number of rotatable bonds is 4. The molecular formula is C12H19N3OS. The van der Waals surface area contributed by atoms with E-state index in [0.29, 0.717) is 0 Å². The molecule has 17 heavy (non-hydrogen) atoms. The van der Waals surface area contributed by atoms with E-state index in [1.54, 1.807) is 11.8 Å². The number of hydrogen-bond acceptors (Lipinski definition) is 4. The maximum Gasteiger partial charge on any atom is 0.237 e. The molecule has 0 aliphatic carbocycles. The van der Waals surface area contributed by atoms with Crippen LogP contribution in [0, 0.1) is 12.8 Å². The van der Waals surface area contributed by atoms with Gasteiger partial charge in [0.1, 0.15) is 0 Å². The minimum atomic E-state index is -0.147. The summed E-state index contributed by atoms with van der Waals surface area (Å²) in [5, 5.41) is 0.138. The van der Waals surface area contributed by atoms with Crippen molar-refractivity contribution in [3.63, 3.8) is 0 Å². The van der Waals surface area contributed by atoms with Gasteiger partial charge in [0, 0.05) is 21.8 Å². The quantitative estimate of drug-likeness (QED) is 0.251. The van der Waals surface area contributed by atoms with Crippen molar-refractivity contribution in [3.8, 4) is 0 Å². The molecule has 1 aromatic rings. The van der Waals surface area contributed by atoms with Crippen molar-refractivity contribution in [2.24, 2.45) is 11.8 Å². The molecule has 0 saturated carbocycles. The molecule has 0 aromatic heterocycles. The number of nitrogens with one attached hydrogen (secondary N) is 1. The van der Waals surface area contributed by atoms with Gasteiger partial charge >= 0.3 is 0 Å². The van der Waals surface area contributed by atoms with Gasteiger partial charge in [-0.05, 0) is 24.6 Å². The summed E-state index contributed by atoms with van der Waals surface area (Å²) >= 11 is 1.64. The summed E-state index contributed by atoms with van der Waals surface area (Å²) in [5.74, 6) is 4.84. The second-order valence-corrected chi connectivity index (χ2v) is 5.56. The van der Waals surface area contributed by atoms with E-state index in [1.165, 1.54) is 0 Å². The van der Waals surface area contributed by atoms with Crippen molar-refractivity contribution in [2.45, 2.75) is 30.9 Å². The molecule has 0 fully saturated rings. The van der Waals surface area contributed by atoms with Crippen molar-refractivity contribution in [2.75, 3.05) is 5.73 Å². The van der Waals surface area contributed by atoms with Crippen LogP contribution in [0.15, 0.2) is 23.1 Å². The van der Waals surface area contributed by atoms with Crippen LogP contribution in [0.2, 0.25) is 0 Å². The number of carbonyl (C=O) groups is 1. The minimum Gasteiger partial charge on any atom is -0.399 e. The van der Waals surface area contributed by atoms with E-state index in [9.17, 15) is 4.79 Å². The molecule has 5 N–H and O–H groups in total. The lowest BCUT2D eigenvalue weighted by Crippen LogP contribution is -2.38. The number of amides is 1. The summed E-state index contributed by atoms with van der Waals surface area (Å²) in [5.41, 5.74) is 9.83. The lowest BCUT2D eigenvalue weighted by Gasteiger charge is -2.19. The van der Waals surface area contributed by atoms with Crippen molar-refractivity contribution in [1.29, 1.82) is 0 Å². The van der Waals surface area contributed by atoms with Gasteiger partial charge in [0.2, 0.25) is 5.91 Å². The fraction of sp³-hybridized carbons (Fsp3) is 0.417. The van der Waals surface area contributed by atoms with Crippen LogP contribution in [-0.2, 0) is 4.79 Å². The van der Waals surface area contributed by atoms with E-state index < -0.39 is 0 Å². The van der Waals surface area contributed by atoms with Crippen LogP contribution < -0.4 is 17.0 Å². The Morgan fingerprint density at radius 3 is 2.65 bits per heavy atom. The molecule has 0 saturated heterocycles. The fourth-order valence-electron chi connectivity index (χ4n) is 1.39. The first kappa shape index (κ1) is 13.9. The zero-order valence-corrected chi connectivity index (χ0v) is 11.2. The van der Waals surface area contributed by atoms with Gasteiger partial charge in [0.15, 0.2) is 0 Å². The number of aryl methyl sites for hydroxylation is 1. The number of nitrogens with two attached hydrogens (primary N) is 2. The van der Waals surface area contributed by atoms with Crippen molar-refractivity contribution >= 4 is 23.4 Å². The van der Waals surface area contributed by atoms with E-state index in [0.717, 1.165) is 16.1 Å². The predicted octanol–water partition coefficient (Wildman–Crippen LogP) is 1.68. The van der Waals surface area contributed by atoms with Crippen molar-refractivity contribution in [3.05, 3.63) is 23.8 Å². The minimum absolute atomic E-state index is 0.138. The van der Waals surface area contributed by atoms with E-state index in [-0.39, 0.29) is 17.1 Å². The van der Waals surface area contributed by atoms with Crippen LogP contribution in [0.3, 0.4) is 0 Å². The molecule has 0 heterocycles.